The number of benzene rings is 3. The maximum absolute atomic E-state index is 14.2. The van der Waals surface area contributed by atoms with Gasteiger partial charge < -0.3 is 15.3 Å². The smallest absolute Gasteiger partial charge is 0.254 e. The molecule has 5 heteroatoms. The van der Waals surface area contributed by atoms with Crippen LogP contribution in [-0.4, -0.2) is 23.4 Å². The van der Waals surface area contributed by atoms with Gasteiger partial charge in [0.2, 0.25) is 0 Å². The van der Waals surface area contributed by atoms with Crippen LogP contribution in [0.4, 0.5) is 11.4 Å². The minimum Gasteiger partial charge on any atom is -0.382 e. The summed E-state index contributed by atoms with van der Waals surface area (Å²) in [4.78, 5) is 21.2. The molecule has 2 unspecified atom stereocenters. The highest BCUT2D eigenvalue weighted by atomic mass is 16.3. The SMILES string of the molecule is CCCCNC(=O)C12c3ccccc3N=C(c3ccccc3C)N1c1ccccc1C2(C)O. The monoisotopic (exact) mass is 439 g/mol. The number of hydrogen-bond acceptors (Lipinski definition) is 4. The van der Waals surface area contributed by atoms with Crippen molar-refractivity contribution < 1.29 is 9.90 Å². The second-order valence-corrected chi connectivity index (χ2v) is 9.01. The van der Waals surface area contributed by atoms with Crippen LogP contribution >= 0.6 is 0 Å². The maximum atomic E-state index is 14.2. The molecule has 0 saturated carbocycles. The third-order valence-electron chi connectivity index (χ3n) is 6.97. The summed E-state index contributed by atoms with van der Waals surface area (Å²) in [6.45, 7) is 6.44. The third-order valence-corrected chi connectivity index (χ3v) is 6.97. The van der Waals surface area contributed by atoms with Gasteiger partial charge in [0.25, 0.3) is 5.91 Å². The second kappa shape index (κ2) is 7.85. The Labute approximate surface area is 194 Å². The van der Waals surface area contributed by atoms with Gasteiger partial charge >= 0.3 is 0 Å². The number of hydrogen-bond donors (Lipinski definition) is 2. The number of rotatable bonds is 5. The van der Waals surface area contributed by atoms with Crippen LogP contribution in [-0.2, 0) is 15.9 Å². The Balaban J connectivity index is 1.85. The number of unbranched alkanes of at least 4 members (excludes halogenated alkanes) is 1. The fourth-order valence-electron chi connectivity index (χ4n) is 5.33. The van der Waals surface area contributed by atoms with Crippen molar-refractivity contribution in [2.24, 2.45) is 4.99 Å². The van der Waals surface area contributed by atoms with Crippen LogP contribution in [0.15, 0.2) is 77.8 Å². The van der Waals surface area contributed by atoms with Crippen LogP contribution in [0.25, 0.3) is 0 Å². The summed E-state index contributed by atoms with van der Waals surface area (Å²) in [6.07, 6.45) is 1.84. The molecule has 2 atom stereocenters. The van der Waals surface area contributed by atoms with Gasteiger partial charge in [-0.05, 0) is 38.0 Å². The summed E-state index contributed by atoms with van der Waals surface area (Å²) >= 11 is 0. The summed E-state index contributed by atoms with van der Waals surface area (Å²) in [5.41, 5.74) is 2.03. The number of carbonyl (C=O) groups excluding carboxylic acids is 1. The number of nitrogens with one attached hydrogen (secondary N) is 1. The van der Waals surface area contributed by atoms with E-state index >= 15 is 0 Å². The normalized spacial score (nSPS) is 22.8. The highest BCUT2D eigenvalue weighted by Crippen LogP contribution is 2.59. The number of para-hydroxylation sites is 2. The van der Waals surface area contributed by atoms with Gasteiger partial charge in [0.05, 0.1) is 11.4 Å². The molecule has 2 aliphatic heterocycles. The molecule has 0 spiro atoms. The molecule has 33 heavy (non-hydrogen) atoms. The summed E-state index contributed by atoms with van der Waals surface area (Å²) < 4.78 is 0. The molecule has 0 aromatic heterocycles. The minimum atomic E-state index is -1.49. The fraction of sp³-hybridized carbons (Fsp3) is 0.286. The molecule has 0 fully saturated rings. The summed E-state index contributed by atoms with van der Waals surface area (Å²) in [5.74, 6) is 0.452. The lowest BCUT2D eigenvalue weighted by molar-refractivity contribution is -0.136. The van der Waals surface area contributed by atoms with Gasteiger partial charge in [-0.15, -0.1) is 0 Å². The Kier molecular flexibility index (Phi) is 5.09. The number of aliphatic imine (C=N–C) groups is 1. The van der Waals surface area contributed by atoms with Crippen LogP contribution < -0.4 is 10.2 Å². The van der Waals surface area contributed by atoms with Gasteiger partial charge in [-0.25, -0.2) is 4.99 Å². The number of fused-ring (bicyclic) bond motifs is 5. The Morgan fingerprint density at radius 2 is 1.67 bits per heavy atom. The van der Waals surface area contributed by atoms with Crippen molar-refractivity contribution in [3.8, 4) is 0 Å². The van der Waals surface area contributed by atoms with Crippen molar-refractivity contribution in [3.63, 3.8) is 0 Å². The number of amidine groups is 1. The second-order valence-electron chi connectivity index (χ2n) is 9.01. The van der Waals surface area contributed by atoms with Crippen molar-refractivity contribution in [1.82, 2.24) is 5.32 Å². The first-order valence-corrected chi connectivity index (χ1v) is 11.6. The van der Waals surface area contributed by atoms with Gasteiger partial charge in [-0.2, -0.15) is 0 Å². The Hall–Kier alpha value is -3.44. The van der Waals surface area contributed by atoms with E-state index in [1.807, 2.05) is 84.6 Å². The van der Waals surface area contributed by atoms with Crippen molar-refractivity contribution in [2.75, 3.05) is 11.4 Å². The molecule has 2 N–H and O–H groups in total. The lowest BCUT2D eigenvalue weighted by Crippen LogP contribution is -2.65. The van der Waals surface area contributed by atoms with E-state index in [0.29, 0.717) is 29.2 Å². The van der Waals surface area contributed by atoms with Crippen LogP contribution in [0.3, 0.4) is 0 Å². The van der Waals surface area contributed by atoms with Gasteiger partial charge in [0.1, 0.15) is 11.4 Å². The van der Waals surface area contributed by atoms with E-state index < -0.39 is 11.1 Å². The summed E-state index contributed by atoms with van der Waals surface area (Å²) in [5, 5.41) is 15.4. The number of aryl methyl sites for hydroxylation is 1. The average molecular weight is 440 g/mol. The summed E-state index contributed by atoms with van der Waals surface area (Å²) in [7, 11) is 0. The zero-order valence-electron chi connectivity index (χ0n) is 19.3. The van der Waals surface area contributed by atoms with E-state index in [4.69, 9.17) is 4.99 Å². The zero-order chi connectivity index (χ0) is 23.2. The lowest BCUT2D eigenvalue weighted by atomic mass is 9.71. The Bertz CT molecular complexity index is 1260. The van der Waals surface area contributed by atoms with Crippen molar-refractivity contribution >= 4 is 23.1 Å². The number of anilines is 1. The molecule has 0 radical (unpaired) electrons. The molecule has 0 aliphatic carbocycles. The number of nitrogens with zero attached hydrogens (tertiary/aromatic N) is 2. The molecule has 1 amide bonds. The molecule has 2 heterocycles. The van der Waals surface area contributed by atoms with Gasteiger partial charge in [-0.3, -0.25) is 4.79 Å². The predicted octanol–water partition coefficient (Wildman–Crippen LogP) is 4.93. The lowest BCUT2D eigenvalue weighted by Gasteiger charge is -2.48. The first-order chi connectivity index (χ1) is 15.9. The quantitative estimate of drug-likeness (QED) is 0.554. The average Bonchev–Trinajstić information content (AvgIpc) is 3.04. The Morgan fingerprint density at radius 1 is 1.00 bits per heavy atom. The van der Waals surface area contributed by atoms with E-state index in [2.05, 4.69) is 12.2 Å². The topological polar surface area (TPSA) is 64.9 Å². The minimum absolute atomic E-state index is 0.217. The van der Waals surface area contributed by atoms with Crippen molar-refractivity contribution in [1.29, 1.82) is 0 Å². The molecule has 3 aromatic carbocycles. The van der Waals surface area contributed by atoms with Gasteiger partial charge in [-0.1, -0.05) is 74.0 Å². The number of carbonyl (C=O) groups is 1. The molecule has 5 rings (SSSR count). The van der Waals surface area contributed by atoms with Crippen LogP contribution in [0.5, 0.6) is 0 Å². The van der Waals surface area contributed by atoms with E-state index in [1.54, 1.807) is 6.92 Å². The third kappa shape index (κ3) is 2.89. The summed E-state index contributed by atoms with van der Waals surface area (Å²) in [6, 6.07) is 23.4. The van der Waals surface area contributed by atoms with Crippen LogP contribution in [0.1, 0.15) is 48.9 Å². The van der Waals surface area contributed by atoms with E-state index in [9.17, 15) is 9.90 Å². The van der Waals surface area contributed by atoms with Gasteiger partial charge in [0, 0.05) is 23.2 Å². The molecule has 168 valence electrons. The molecule has 2 aliphatic rings. The first-order valence-electron chi connectivity index (χ1n) is 11.6. The van der Waals surface area contributed by atoms with E-state index in [1.165, 1.54) is 0 Å². The largest absolute Gasteiger partial charge is 0.382 e. The Morgan fingerprint density at radius 3 is 2.42 bits per heavy atom. The maximum Gasteiger partial charge on any atom is 0.254 e. The van der Waals surface area contributed by atoms with Crippen LogP contribution in [0, 0.1) is 6.92 Å². The highest BCUT2D eigenvalue weighted by molar-refractivity contribution is 6.20. The zero-order valence-corrected chi connectivity index (χ0v) is 19.3. The van der Waals surface area contributed by atoms with Crippen molar-refractivity contribution in [2.45, 2.75) is 44.8 Å². The molecule has 0 bridgehead atoms. The molecular weight excluding hydrogens is 410 g/mol. The number of aliphatic hydroxyl groups is 1. The number of amides is 1. The highest BCUT2D eigenvalue weighted by Gasteiger charge is 2.67. The molecule has 0 saturated heterocycles. The van der Waals surface area contributed by atoms with E-state index in [0.717, 1.165) is 29.7 Å². The molecule has 5 nitrogen and oxygen atoms in total. The van der Waals surface area contributed by atoms with Crippen LogP contribution in [0.2, 0.25) is 0 Å². The predicted molar refractivity (Wildman–Crippen MR) is 132 cm³/mol. The van der Waals surface area contributed by atoms with E-state index in [-0.39, 0.29) is 5.91 Å². The first kappa shape index (κ1) is 21.4. The molecule has 3 aromatic rings. The van der Waals surface area contributed by atoms with Gasteiger partial charge in [0.15, 0.2) is 5.54 Å². The molecular formula is C28H29N3O2. The standard InChI is InChI=1S/C28H29N3O2/c1-4-5-18-29-26(32)28-21-14-8-10-16-23(21)30-25(20-13-7-6-12-19(20)2)31(28)24-17-11-9-15-22(24)27(28,3)33/h6-17,33H,4-5,18H2,1-3H3,(H,29,32). The fourth-order valence-corrected chi connectivity index (χ4v) is 5.33. The van der Waals surface area contributed by atoms with Crippen molar-refractivity contribution in [3.05, 3.63) is 95.1 Å².